The lowest BCUT2D eigenvalue weighted by Gasteiger charge is -2.27. The van der Waals surface area contributed by atoms with E-state index in [0.29, 0.717) is 16.0 Å². The van der Waals surface area contributed by atoms with Crippen molar-refractivity contribution in [3.63, 3.8) is 0 Å². The summed E-state index contributed by atoms with van der Waals surface area (Å²) in [5, 5.41) is 1.38. The summed E-state index contributed by atoms with van der Waals surface area (Å²) in [6.07, 6.45) is 5.36. The molecule has 0 radical (unpaired) electrons. The molecule has 1 saturated heterocycles. The monoisotopic (exact) mass is 361 g/mol. The zero-order chi connectivity index (χ0) is 16.9. The molecule has 24 heavy (non-hydrogen) atoms. The Labute approximate surface area is 155 Å². The molecule has 3 rings (SSSR count). The molecule has 1 atom stereocenters. The SMILES string of the molecule is CC(CCN1CCCCC1)c1ccc(-c2ccc(Cl)cc2Cl)cc1. The van der Waals surface area contributed by atoms with E-state index in [2.05, 4.69) is 36.1 Å². The number of rotatable bonds is 5. The quantitative estimate of drug-likeness (QED) is 0.576. The van der Waals surface area contributed by atoms with Gasteiger partial charge in [0.1, 0.15) is 0 Å². The second-order valence-corrected chi connectivity index (χ2v) is 7.68. The van der Waals surface area contributed by atoms with Gasteiger partial charge in [0.15, 0.2) is 0 Å². The Kier molecular flexibility index (Phi) is 6.21. The molecule has 0 aliphatic carbocycles. The largest absolute Gasteiger partial charge is 0.303 e. The maximum Gasteiger partial charge on any atom is 0.0499 e. The Morgan fingerprint density at radius 1 is 0.958 bits per heavy atom. The molecule has 3 heteroatoms. The highest BCUT2D eigenvalue weighted by molar-refractivity contribution is 6.36. The van der Waals surface area contributed by atoms with Crippen LogP contribution in [0.1, 0.15) is 44.1 Å². The predicted molar refractivity (Wildman–Crippen MR) is 105 cm³/mol. The van der Waals surface area contributed by atoms with Gasteiger partial charge in [0.25, 0.3) is 0 Å². The van der Waals surface area contributed by atoms with Crippen LogP contribution in [0.4, 0.5) is 0 Å². The minimum atomic E-state index is 0.585. The van der Waals surface area contributed by atoms with Crippen LogP contribution in [0.2, 0.25) is 10.0 Å². The first-order chi connectivity index (χ1) is 11.6. The second-order valence-electron chi connectivity index (χ2n) is 6.84. The summed E-state index contributed by atoms with van der Waals surface area (Å²) in [6, 6.07) is 14.5. The molecular formula is C21H25Cl2N. The number of hydrogen-bond donors (Lipinski definition) is 0. The van der Waals surface area contributed by atoms with Crippen molar-refractivity contribution < 1.29 is 0 Å². The molecule has 1 aliphatic heterocycles. The molecule has 2 aromatic rings. The molecule has 0 bridgehead atoms. The van der Waals surface area contributed by atoms with Gasteiger partial charge < -0.3 is 4.90 Å². The zero-order valence-electron chi connectivity index (χ0n) is 14.3. The van der Waals surface area contributed by atoms with Crippen LogP contribution in [0.5, 0.6) is 0 Å². The van der Waals surface area contributed by atoms with E-state index in [-0.39, 0.29) is 0 Å². The predicted octanol–water partition coefficient (Wildman–Crippen LogP) is 6.64. The van der Waals surface area contributed by atoms with Crippen LogP contribution in [0.3, 0.4) is 0 Å². The molecule has 1 unspecified atom stereocenters. The Bertz CT molecular complexity index is 660. The molecule has 0 spiro atoms. The van der Waals surface area contributed by atoms with Crippen molar-refractivity contribution in [3.8, 4) is 11.1 Å². The number of piperidine rings is 1. The number of halogens is 2. The summed E-state index contributed by atoms with van der Waals surface area (Å²) >= 11 is 12.3. The first-order valence-electron chi connectivity index (χ1n) is 8.91. The van der Waals surface area contributed by atoms with Crippen LogP contribution in [0.15, 0.2) is 42.5 Å². The van der Waals surface area contributed by atoms with Gasteiger partial charge in [0, 0.05) is 15.6 Å². The summed E-state index contributed by atoms with van der Waals surface area (Å²) in [4.78, 5) is 2.61. The number of benzene rings is 2. The van der Waals surface area contributed by atoms with Crippen LogP contribution >= 0.6 is 23.2 Å². The molecule has 1 nitrogen and oxygen atoms in total. The Morgan fingerprint density at radius 2 is 1.67 bits per heavy atom. The minimum absolute atomic E-state index is 0.585. The third-order valence-electron chi connectivity index (χ3n) is 5.05. The summed E-state index contributed by atoms with van der Waals surface area (Å²) in [5.41, 5.74) is 3.58. The van der Waals surface area contributed by atoms with Gasteiger partial charge in [-0.15, -0.1) is 0 Å². The topological polar surface area (TPSA) is 3.24 Å². The fraction of sp³-hybridized carbons (Fsp3) is 0.429. The van der Waals surface area contributed by atoms with Crippen molar-refractivity contribution in [2.45, 2.75) is 38.5 Å². The third kappa shape index (κ3) is 4.53. The van der Waals surface area contributed by atoms with Gasteiger partial charge in [-0.2, -0.15) is 0 Å². The standard InChI is InChI=1S/C21H25Cl2N/c1-16(11-14-24-12-3-2-4-13-24)17-5-7-18(8-6-17)20-10-9-19(22)15-21(20)23/h5-10,15-16H,2-4,11-14H2,1H3. The average molecular weight is 362 g/mol. The lowest BCUT2D eigenvalue weighted by atomic mass is 9.95. The molecule has 0 N–H and O–H groups in total. The van der Waals surface area contributed by atoms with Gasteiger partial charge in [0.05, 0.1) is 0 Å². The van der Waals surface area contributed by atoms with Crippen molar-refractivity contribution in [3.05, 3.63) is 58.1 Å². The van der Waals surface area contributed by atoms with Gasteiger partial charge in [-0.3, -0.25) is 0 Å². The highest BCUT2D eigenvalue weighted by atomic mass is 35.5. The summed E-state index contributed by atoms with van der Waals surface area (Å²) in [5.74, 6) is 0.585. The minimum Gasteiger partial charge on any atom is -0.303 e. The first kappa shape index (κ1) is 17.8. The van der Waals surface area contributed by atoms with Crippen molar-refractivity contribution in [2.75, 3.05) is 19.6 Å². The molecule has 0 aromatic heterocycles. The number of hydrogen-bond acceptors (Lipinski definition) is 1. The van der Waals surface area contributed by atoms with Gasteiger partial charge in [-0.25, -0.2) is 0 Å². The van der Waals surface area contributed by atoms with Gasteiger partial charge >= 0.3 is 0 Å². The third-order valence-corrected chi connectivity index (χ3v) is 5.60. The van der Waals surface area contributed by atoms with Gasteiger partial charge in [0.2, 0.25) is 0 Å². The maximum absolute atomic E-state index is 6.31. The maximum atomic E-state index is 6.31. The van der Waals surface area contributed by atoms with E-state index in [4.69, 9.17) is 23.2 Å². The van der Waals surface area contributed by atoms with E-state index in [9.17, 15) is 0 Å². The van der Waals surface area contributed by atoms with Crippen LogP contribution < -0.4 is 0 Å². The van der Waals surface area contributed by atoms with Crippen molar-refractivity contribution in [2.24, 2.45) is 0 Å². The Hall–Kier alpha value is -1.02. The smallest absolute Gasteiger partial charge is 0.0499 e. The zero-order valence-corrected chi connectivity index (χ0v) is 15.8. The van der Waals surface area contributed by atoms with E-state index in [1.807, 2.05) is 12.1 Å². The number of nitrogens with zero attached hydrogens (tertiary/aromatic N) is 1. The lowest BCUT2D eigenvalue weighted by Crippen LogP contribution is -2.31. The van der Waals surface area contributed by atoms with Crippen LogP contribution in [-0.4, -0.2) is 24.5 Å². The first-order valence-corrected chi connectivity index (χ1v) is 9.67. The Balaban J connectivity index is 1.62. The van der Waals surface area contributed by atoms with E-state index < -0.39 is 0 Å². The van der Waals surface area contributed by atoms with Crippen LogP contribution in [0.25, 0.3) is 11.1 Å². The second kappa shape index (κ2) is 8.38. The normalized spacial score (nSPS) is 17.0. The fourth-order valence-corrected chi connectivity index (χ4v) is 3.96. The number of likely N-dealkylation sites (tertiary alicyclic amines) is 1. The van der Waals surface area contributed by atoms with E-state index >= 15 is 0 Å². The van der Waals surface area contributed by atoms with E-state index in [1.54, 1.807) is 6.07 Å². The highest BCUT2D eigenvalue weighted by Crippen LogP contribution is 2.31. The molecule has 128 valence electrons. The van der Waals surface area contributed by atoms with Gasteiger partial charge in [-0.1, -0.05) is 66.9 Å². The van der Waals surface area contributed by atoms with Crippen LogP contribution in [-0.2, 0) is 0 Å². The molecule has 2 aromatic carbocycles. The van der Waals surface area contributed by atoms with Gasteiger partial charge in [-0.05, 0) is 68.1 Å². The van der Waals surface area contributed by atoms with Crippen molar-refractivity contribution in [1.82, 2.24) is 4.90 Å². The molecule has 1 aliphatic rings. The summed E-state index contributed by atoms with van der Waals surface area (Å²) in [7, 11) is 0. The molecular weight excluding hydrogens is 337 g/mol. The average Bonchev–Trinajstić information content (AvgIpc) is 2.61. The molecule has 0 amide bonds. The molecule has 1 heterocycles. The fourth-order valence-electron chi connectivity index (χ4n) is 3.44. The van der Waals surface area contributed by atoms with E-state index in [0.717, 1.165) is 11.1 Å². The Morgan fingerprint density at radius 3 is 2.33 bits per heavy atom. The van der Waals surface area contributed by atoms with E-state index in [1.165, 1.54) is 50.9 Å². The molecule has 1 fully saturated rings. The molecule has 0 saturated carbocycles. The summed E-state index contributed by atoms with van der Waals surface area (Å²) in [6.45, 7) is 6.10. The summed E-state index contributed by atoms with van der Waals surface area (Å²) < 4.78 is 0. The lowest BCUT2D eigenvalue weighted by molar-refractivity contribution is 0.222. The van der Waals surface area contributed by atoms with Crippen LogP contribution in [0, 0.1) is 0 Å². The highest BCUT2D eigenvalue weighted by Gasteiger charge is 2.13. The van der Waals surface area contributed by atoms with Crippen molar-refractivity contribution >= 4 is 23.2 Å². The van der Waals surface area contributed by atoms with Crippen molar-refractivity contribution in [1.29, 1.82) is 0 Å².